The van der Waals surface area contributed by atoms with E-state index in [0.29, 0.717) is 17.1 Å². The second-order valence-corrected chi connectivity index (χ2v) is 3.38. The van der Waals surface area contributed by atoms with Crippen molar-refractivity contribution in [2.75, 3.05) is 14.1 Å². The number of ether oxygens (including phenoxy) is 1. The van der Waals surface area contributed by atoms with Crippen molar-refractivity contribution >= 4 is 5.78 Å². The Labute approximate surface area is 82.6 Å². The third kappa shape index (κ3) is 1.37. The molecule has 0 amide bonds. The van der Waals surface area contributed by atoms with E-state index in [0.717, 1.165) is 0 Å². The van der Waals surface area contributed by atoms with E-state index in [9.17, 15) is 4.79 Å². The maximum atomic E-state index is 11.7. The van der Waals surface area contributed by atoms with Gasteiger partial charge in [0.15, 0.2) is 5.76 Å². The molecule has 3 nitrogen and oxygen atoms in total. The molecule has 0 spiro atoms. The summed E-state index contributed by atoms with van der Waals surface area (Å²) in [5.41, 5.74) is 0.639. The van der Waals surface area contributed by atoms with Gasteiger partial charge in [0.05, 0.1) is 5.56 Å². The van der Waals surface area contributed by atoms with Crippen LogP contribution < -0.4 is 4.74 Å². The first-order chi connectivity index (χ1) is 6.68. The molecule has 3 heteroatoms. The number of fused-ring (bicyclic) bond motifs is 1. The topological polar surface area (TPSA) is 29.5 Å². The Kier molecular flexibility index (Phi) is 2.00. The largest absolute Gasteiger partial charge is 0.451 e. The van der Waals surface area contributed by atoms with E-state index in [1.54, 1.807) is 23.2 Å². The molecule has 72 valence electrons. The van der Waals surface area contributed by atoms with E-state index in [1.165, 1.54) is 0 Å². The van der Waals surface area contributed by atoms with Crippen molar-refractivity contribution in [2.24, 2.45) is 0 Å². The summed E-state index contributed by atoms with van der Waals surface area (Å²) >= 11 is 0. The lowest BCUT2D eigenvalue weighted by Gasteiger charge is -2.05. The molecule has 0 atom stereocenters. The number of hydrogen-bond donors (Lipinski definition) is 0. The van der Waals surface area contributed by atoms with E-state index in [1.807, 2.05) is 26.2 Å². The number of nitrogens with zero attached hydrogens (tertiary/aromatic N) is 1. The molecule has 0 aliphatic carbocycles. The molecule has 0 saturated heterocycles. The highest BCUT2D eigenvalue weighted by Crippen LogP contribution is 2.30. The Bertz CT molecular complexity index is 408. The highest BCUT2D eigenvalue weighted by Gasteiger charge is 2.26. The number of carbonyl (C=O) groups excluding carboxylic acids is 1. The van der Waals surface area contributed by atoms with Crippen molar-refractivity contribution < 1.29 is 9.53 Å². The van der Waals surface area contributed by atoms with Crippen LogP contribution in [0.15, 0.2) is 36.2 Å². The van der Waals surface area contributed by atoms with Crippen LogP contribution in [-0.2, 0) is 0 Å². The minimum Gasteiger partial charge on any atom is -0.451 e. The Balaban J connectivity index is 2.39. The molecule has 0 radical (unpaired) electrons. The van der Waals surface area contributed by atoms with Gasteiger partial charge in [0.2, 0.25) is 5.78 Å². The molecule has 14 heavy (non-hydrogen) atoms. The van der Waals surface area contributed by atoms with Crippen LogP contribution >= 0.6 is 0 Å². The second-order valence-electron chi connectivity index (χ2n) is 3.38. The molecule has 1 aliphatic heterocycles. The molecule has 2 rings (SSSR count). The van der Waals surface area contributed by atoms with Gasteiger partial charge in [-0.1, -0.05) is 12.1 Å². The van der Waals surface area contributed by atoms with Crippen LogP contribution in [0.4, 0.5) is 0 Å². The lowest BCUT2D eigenvalue weighted by Crippen LogP contribution is -2.08. The zero-order chi connectivity index (χ0) is 10.1. The maximum Gasteiger partial charge on any atom is 0.233 e. The number of hydrogen-bond acceptors (Lipinski definition) is 3. The maximum absolute atomic E-state index is 11.7. The molecule has 0 bridgehead atoms. The average molecular weight is 189 g/mol. The lowest BCUT2D eigenvalue weighted by molar-refractivity contribution is 0.101. The first-order valence-corrected chi connectivity index (χ1v) is 4.38. The van der Waals surface area contributed by atoms with Gasteiger partial charge in [0, 0.05) is 20.3 Å². The van der Waals surface area contributed by atoms with Gasteiger partial charge in [-0.2, -0.15) is 0 Å². The monoisotopic (exact) mass is 189 g/mol. The van der Waals surface area contributed by atoms with Gasteiger partial charge in [-0.15, -0.1) is 0 Å². The van der Waals surface area contributed by atoms with Crippen LogP contribution in [0.1, 0.15) is 10.4 Å². The summed E-state index contributed by atoms with van der Waals surface area (Å²) in [6.07, 6.45) is 1.68. The zero-order valence-electron chi connectivity index (χ0n) is 8.15. The summed E-state index contributed by atoms with van der Waals surface area (Å²) in [6.45, 7) is 0. The minimum atomic E-state index is -0.0469. The molecular weight excluding hydrogens is 178 g/mol. The number of carbonyl (C=O) groups is 1. The molecule has 1 heterocycles. The summed E-state index contributed by atoms with van der Waals surface area (Å²) in [4.78, 5) is 13.5. The third-order valence-electron chi connectivity index (χ3n) is 1.95. The van der Waals surface area contributed by atoms with Gasteiger partial charge in [0.25, 0.3) is 0 Å². The van der Waals surface area contributed by atoms with Crippen molar-refractivity contribution in [3.63, 3.8) is 0 Å². The normalized spacial score (nSPS) is 16.7. The van der Waals surface area contributed by atoms with E-state index in [4.69, 9.17) is 4.74 Å². The lowest BCUT2D eigenvalue weighted by atomic mass is 10.1. The average Bonchev–Trinajstić information content (AvgIpc) is 2.44. The van der Waals surface area contributed by atoms with Crippen molar-refractivity contribution in [3.05, 3.63) is 41.8 Å². The van der Waals surface area contributed by atoms with E-state index in [-0.39, 0.29) is 5.78 Å². The summed E-state index contributed by atoms with van der Waals surface area (Å²) in [7, 11) is 3.71. The molecule has 1 aromatic rings. The molecule has 1 aromatic carbocycles. The van der Waals surface area contributed by atoms with Gasteiger partial charge >= 0.3 is 0 Å². The van der Waals surface area contributed by atoms with Crippen molar-refractivity contribution in [2.45, 2.75) is 0 Å². The van der Waals surface area contributed by atoms with Gasteiger partial charge in [-0.3, -0.25) is 4.79 Å². The standard InChI is InChI=1S/C11H11NO2/c1-12(2)7-10-11(13)8-5-3-4-6-9(8)14-10/h3-7H,1-2H3/b10-7+. The molecule has 0 saturated carbocycles. The predicted octanol–water partition coefficient (Wildman–Crippen LogP) is 1.66. The second kappa shape index (κ2) is 3.18. The molecule has 0 fully saturated rings. The fourth-order valence-corrected chi connectivity index (χ4v) is 1.36. The van der Waals surface area contributed by atoms with E-state index >= 15 is 0 Å². The fraction of sp³-hybridized carbons (Fsp3) is 0.182. The van der Waals surface area contributed by atoms with E-state index < -0.39 is 0 Å². The van der Waals surface area contributed by atoms with Crippen molar-refractivity contribution in [1.29, 1.82) is 0 Å². The predicted molar refractivity (Wildman–Crippen MR) is 53.2 cm³/mol. The van der Waals surface area contributed by atoms with Crippen LogP contribution in [0.3, 0.4) is 0 Å². The number of allylic oxidation sites excluding steroid dienone is 1. The summed E-state index contributed by atoms with van der Waals surface area (Å²) in [6, 6.07) is 7.25. The Hall–Kier alpha value is -1.77. The van der Waals surface area contributed by atoms with Gasteiger partial charge in [0.1, 0.15) is 5.75 Å². The number of ketones is 1. The molecule has 0 unspecified atom stereocenters. The molecular formula is C11H11NO2. The van der Waals surface area contributed by atoms with Crippen LogP contribution in [0.2, 0.25) is 0 Å². The van der Waals surface area contributed by atoms with Crippen molar-refractivity contribution in [3.8, 4) is 5.75 Å². The first-order valence-electron chi connectivity index (χ1n) is 4.38. The van der Waals surface area contributed by atoms with Gasteiger partial charge in [-0.25, -0.2) is 0 Å². The number of rotatable bonds is 1. The number of para-hydroxylation sites is 1. The van der Waals surface area contributed by atoms with Gasteiger partial charge < -0.3 is 9.64 Å². The zero-order valence-corrected chi connectivity index (χ0v) is 8.15. The van der Waals surface area contributed by atoms with Gasteiger partial charge in [-0.05, 0) is 12.1 Å². The smallest absolute Gasteiger partial charge is 0.233 e. The van der Waals surface area contributed by atoms with Crippen molar-refractivity contribution in [1.82, 2.24) is 4.90 Å². The SMILES string of the molecule is CN(C)/C=C1/Oc2ccccc2C1=O. The third-order valence-corrected chi connectivity index (χ3v) is 1.95. The number of benzene rings is 1. The summed E-state index contributed by atoms with van der Waals surface area (Å²) in [5, 5.41) is 0. The fourth-order valence-electron chi connectivity index (χ4n) is 1.36. The highest BCUT2D eigenvalue weighted by atomic mass is 16.5. The summed E-state index contributed by atoms with van der Waals surface area (Å²) in [5.74, 6) is 0.983. The molecule has 0 aromatic heterocycles. The number of Topliss-reactive ketones (excluding diaryl/α,β-unsaturated/α-hetero) is 1. The summed E-state index contributed by atoms with van der Waals surface area (Å²) < 4.78 is 5.40. The van der Waals surface area contributed by atoms with Crippen LogP contribution in [0.5, 0.6) is 5.75 Å². The highest BCUT2D eigenvalue weighted by molar-refractivity contribution is 6.12. The van der Waals surface area contributed by atoms with E-state index in [2.05, 4.69) is 0 Å². The molecule has 1 aliphatic rings. The quantitative estimate of drug-likeness (QED) is 0.629. The Morgan fingerprint density at radius 1 is 1.29 bits per heavy atom. The Morgan fingerprint density at radius 3 is 2.64 bits per heavy atom. The Morgan fingerprint density at radius 2 is 2.00 bits per heavy atom. The molecule has 0 N–H and O–H groups in total. The van der Waals surface area contributed by atoms with Crippen LogP contribution in [-0.4, -0.2) is 24.8 Å². The minimum absolute atomic E-state index is 0.0469. The van der Waals surface area contributed by atoms with Crippen LogP contribution in [0.25, 0.3) is 0 Å². The van der Waals surface area contributed by atoms with Crippen LogP contribution in [0, 0.1) is 0 Å². The first kappa shape index (κ1) is 8.81.